The van der Waals surface area contributed by atoms with Crippen molar-refractivity contribution >= 4 is 11.9 Å². The Hall–Kier alpha value is -2.82. The molecule has 21 heavy (non-hydrogen) atoms. The van der Waals surface area contributed by atoms with Crippen molar-refractivity contribution < 1.29 is 19.1 Å². The molecule has 2 rings (SSSR count). The number of esters is 1. The predicted molar refractivity (Wildman–Crippen MR) is 77.3 cm³/mol. The fourth-order valence-corrected chi connectivity index (χ4v) is 1.70. The smallest absolute Gasteiger partial charge is 0.349 e. The van der Waals surface area contributed by atoms with Gasteiger partial charge >= 0.3 is 5.97 Å². The first-order valence-electron chi connectivity index (χ1n) is 6.34. The van der Waals surface area contributed by atoms with E-state index in [-0.39, 0.29) is 6.61 Å². The van der Waals surface area contributed by atoms with Gasteiger partial charge in [-0.3, -0.25) is 4.79 Å². The van der Waals surface area contributed by atoms with Crippen LogP contribution < -0.4 is 15.2 Å². The normalized spacial score (nSPS) is 9.95. The van der Waals surface area contributed by atoms with Gasteiger partial charge in [0.05, 0.1) is 0 Å². The van der Waals surface area contributed by atoms with Crippen LogP contribution in [0.25, 0.3) is 0 Å². The Labute approximate surface area is 122 Å². The molecule has 0 aromatic heterocycles. The highest BCUT2D eigenvalue weighted by molar-refractivity contribution is 5.92. The number of nitrogens with two attached hydrogens (primary N) is 1. The summed E-state index contributed by atoms with van der Waals surface area (Å²) in [6.07, 6.45) is 0. The van der Waals surface area contributed by atoms with E-state index >= 15 is 0 Å². The Morgan fingerprint density at radius 1 is 1.05 bits per heavy atom. The average Bonchev–Trinajstić information content (AvgIpc) is 2.46. The topological polar surface area (TPSA) is 78.6 Å². The minimum Gasteiger partial charge on any atom is -0.482 e. The molecule has 0 saturated heterocycles. The molecule has 0 saturated carbocycles. The van der Waals surface area contributed by atoms with Gasteiger partial charge in [-0.05, 0) is 48.9 Å². The summed E-state index contributed by atoms with van der Waals surface area (Å²) in [6.45, 7) is 1.74. The van der Waals surface area contributed by atoms with Crippen molar-refractivity contribution in [2.45, 2.75) is 6.92 Å². The molecule has 0 aliphatic carbocycles. The molecular formula is C16H15NO4. The molecule has 0 atom stereocenters. The lowest BCUT2D eigenvalue weighted by Gasteiger charge is -2.07. The molecule has 0 spiro atoms. The maximum atomic E-state index is 11.7. The Balaban J connectivity index is 1.88. The fraction of sp³-hybridized carbons (Fsp3) is 0.125. The van der Waals surface area contributed by atoms with Gasteiger partial charge in [-0.2, -0.15) is 0 Å². The van der Waals surface area contributed by atoms with Crippen LogP contribution in [0.5, 0.6) is 11.5 Å². The van der Waals surface area contributed by atoms with Gasteiger partial charge in [0, 0.05) is 5.56 Å². The zero-order valence-corrected chi connectivity index (χ0v) is 11.5. The first kappa shape index (κ1) is 14.6. The van der Waals surface area contributed by atoms with E-state index in [1.807, 2.05) is 25.1 Å². The van der Waals surface area contributed by atoms with E-state index in [9.17, 15) is 9.59 Å². The molecule has 2 aromatic rings. The van der Waals surface area contributed by atoms with Gasteiger partial charge in [-0.1, -0.05) is 12.1 Å². The third-order valence-corrected chi connectivity index (χ3v) is 2.72. The number of ether oxygens (including phenoxy) is 2. The number of benzene rings is 2. The van der Waals surface area contributed by atoms with Crippen LogP contribution in [0, 0.1) is 6.92 Å². The van der Waals surface area contributed by atoms with Gasteiger partial charge in [0.1, 0.15) is 11.5 Å². The van der Waals surface area contributed by atoms with Gasteiger partial charge in [0.15, 0.2) is 6.61 Å². The molecule has 0 fully saturated rings. The van der Waals surface area contributed by atoms with Crippen molar-refractivity contribution in [3.63, 3.8) is 0 Å². The van der Waals surface area contributed by atoms with Crippen molar-refractivity contribution in [3.05, 3.63) is 59.7 Å². The summed E-state index contributed by atoms with van der Waals surface area (Å²) in [7, 11) is 0. The van der Waals surface area contributed by atoms with Gasteiger partial charge in [-0.25, -0.2) is 4.79 Å². The minimum absolute atomic E-state index is 0.193. The van der Waals surface area contributed by atoms with Crippen LogP contribution in [-0.4, -0.2) is 18.5 Å². The highest BCUT2D eigenvalue weighted by Crippen LogP contribution is 2.14. The zero-order chi connectivity index (χ0) is 15.2. The third-order valence-electron chi connectivity index (χ3n) is 2.72. The van der Waals surface area contributed by atoms with Crippen molar-refractivity contribution in [1.82, 2.24) is 0 Å². The van der Waals surface area contributed by atoms with Crippen molar-refractivity contribution in [2.75, 3.05) is 6.61 Å². The molecule has 5 nitrogen and oxygen atoms in total. The molecule has 0 unspecified atom stereocenters. The Morgan fingerprint density at radius 3 is 2.38 bits per heavy atom. The van der Waals surface area contributed by atoms with Crippen molar-refractivity contribution in [1.29, 1.82) is 0 Å². The first-order valence-corrected chi connectivity index (χ1v) is 6.34. The Kier molecular flexibility index (Phi) is 4.56. The zero-order valence-electron chi connectivity index (χ0n) is 11.5. The van der Waals surface area contributed by atoms with Crippen LogP contribution in [0.4, 0.5) is 0 Å². The van der Waals surface area contributed by atoms with E-state index in [0.717, 1.165) is 5.56 Å². The van der Waals surface area contributed by atoms with Gasteiger partial charge in [-0.15, -0.1) is 0 Å². The molecule has 2 aromatic carbocycles. The number of hydrogen-bond donors (Lipinski definition) is 1. The van der Waals surface area contributed by atoms with Crippen LogP contribution >= 0.6 is 0 Å². The molecule has 0 bridgehead atoms. The number of aryl methyl sites for hydroxylation is 1. The first-order chi connectivity index (χ1) is 10.0. The number of primary amides is 1. The lowest BCUT2D eigenvalue weighted by atomic mass is 10.2. The summed E-state index contributed by atoms with van der Waals surface area (Å²) < 4.78 is 10.4. The van der Waals surface area contributed by atoms with E-state index < -0.39 is 11.9 Å². The summed E-state index contributed by atoms with van der Waals surface area (Å²) >= 11 is 0. The summed E-state index contributed by atoms with van der Waals surface area (Å²) in [6, 6.07) is 13.4. The molecule has 108 valence electrons. The molecule has 0 aliphatic rings. The maximum absolute atomic E-state index is 11.7. The van der Waals surface area contributed by atoms with E-state index in [2.05, 4.69) is 0 Å². The van der Waals surface area contributed by atoms with E-state index in [4.69, 9.17) is 15.2 Å². The average molecular weight is 285 g/mol. The number of rotatable bonds is 5. The number of carbonyl (C=O) groups excluding carboxylic acids is 2. The third kappa shape index (κ3) is 4.35. The molecular weight excluding hydrogens is 270 g/mol. The van der Waals surface area contributed by atoms with Crippen molar-refractivity contribution in [2.24, 2.45) is 5.73 Å². The lowest BCUT2D eigenvalue weighted by Crippen LogP contribution is -2.18. The molecule has 1 amide bonds. The summed E-state index contributed by atoms with van der Waals surface area (Å²) in [5.41, 5.74) is 6.52. The standard InChI is InChI=1S/C16H15NO4/c1-11-3-2-4-14(9-11)20-10-15(18)21-13-7-5-12(6-8-13)16(17)19/h2-9H,10H2,1H3,(H2,17,19). The molecule has 2 N–H and O–H groups in total. The summed E-state index contributed by atoms with van der Waals surface area (Å²) in [5.74, 6) is -0.118. The van der Waals surface area contributed by atoms with Crippen LogP contribution in [0.1, 0.15) is 15.9 Å². The molecule has 0 aliphatic heterocycles. The van der Waals surface area contributed by atoms with Crippen molar-refractivity contribution in [3.8, 4) is 11.5 Å². The number of hydrogen-bond acceptors (Lipinski definition) is 4. The van der Waals surface area contributed by atoms with E-state index in [1.165, 1.54) is 24.3 Å². The Morgan fingerprint density at radius 2 is 1.76 bits per heavy atom. The van der Waals surface area contributed by atoms with Gasteiger partial charge < -0.3 is 15.2 Å². The lowest BCUT2D eigenvalue weighted by molar-refractivity contribution is -0.136. The quantitative estimate of drug-likeness (QED) is 0.674. The Bertz CT molecular complexity index is 650. The monoisotopic (exact) mass is 285 g/mol. The van der Waals surface area contributed by atoms with Gasteiger partial charge in [0.25, 0.3) is 0 Å². The SMILES string of the molecule is Cc1cccc(OCC(=O)Oc2ccc(C(N)=O)cc2)c1. The molecule has 0 heterocycles. The highest BCUT2D eigenvalue weighted by Gasteiger charge is 2.07. The number of carbonyl (C=O) groups is 2. The number of amides is 1. The van der Waals surface area contributed by atoms with Crippen LogP contribution in [0.2, 0.25) is 0 Å². The second-order valence-electron chi connectivity index (χ2n) is 4.47. The molecule has 5 heteroatoms. The van der Waals surface area contributed by atoms with Crippen LogP contribution in [0.15, 0.2) is 48.5 Å². The second kappa shape index (κ2) is 6.56. The minimum atomic E-state index is -0.532. The summed E-state index contributed by atoms with van der Waals surface area (Å²) in [5, 5.41) is 0. The highest BCUT2D eigenvalue weighted by atomic mass is 16.6. The van der Waals surface area contributed by atoms with Crippen LogP contribution in [-0.2, 0) is 4.79 Å². The summed E-state index contributed by atoms with van der Waals surface area (Å²) in [4.78, 5) is 22.6. The maximum Gasteiger partial charge on any atom is 0.349 e. The van der Waals surface area contributed by atoms with Gasteiger partial charge in [0.2, 0.25) is 5.91 Å². The van der Waals surface area contributed by atoms with Crippen LogP contribution in [0.3, 0.4) is 0 Å². The molecule has 0 radical (unpaired) electrons. The van der Waals surface area contributed by atoms with E-state index in [1.54, 1.807) is 6.07 Å². The largest absolute Gasteiger partial charge is 0.482 e. The second-order valence-corrected chi connectivity index (χ2v) is 4.47. The fourth-order valence-electron chi connectivity index (χ4n) is 1.70. The predicted octanol–water partition coefficient (Wildman–Crippen LogP) is 2.08. The van der Waals surface area contributed by atoms with E-state index in [0.29, 0.717) is 17.1 Å².